The van der Waals surface area contributed by atoms with E-state index in [-0.39, 0.29) is 5.41 Å². The van der Waals surface area contributed by atoms with Gasteiger partial charge in [-0.05, 0) is 31.6 Å². The molecular formula is C17H26N4O. The number of aromatic nitrogens is 3. The normalized spacial score (nSPS) is 28.6. The Morgan fingerprint density at radius 2 is 2.00 bits per heavy atom. The van der Waals surface area contributed by atoms with Crippen LogP contribution in [0.4, 0.5) is 0 Å². The van der Waals surface area contributed by atoms with E-state index < -0.39 is 0 Å². The molecule has 3 aliphatic rings. The first-order valence-electron chi connectivity index (χ1n) is 8.71. The van der Waals surface area contributed by atoms with E-state index in [1.165, 1.54) is 0 Å². The van der Waals surface area contributed by atoms with Crippen molar-refractivity contribution in [1.29, 1.82) is 0 Å². The smallest absolute Gasteiger partial charge is 0.229 e. The van der Waals surface area contributed by atoms with Gasteiger partial charge in [0.15, 0.2) is 0 Å². The molecule has 3 heterocycles. The molecule has 1 aliphatic carbocycles. The van der Waals surface area contributed by atoms with Gasteiger partial charge in [-0.1, -0.05) is 20.8 Å². The average molecular weight is 302 g/mol. The van der Waals surface area contributed by atoms with Gasteiger partial charge >= 0.3 is 0 Å². The van der Waals surface area contributed by atoms with Crippen LogP contribution in [0.25, 0.3) is 0 Å². The summed E-state index contributed by atoms with van der Waals surface area (Å²) in [4.78, 5) is 15.1. The van der Waals surface area contributed by atoms with Crippen LogP contribution in [0.2, 0.25) is 0 Å². The summed E-state index contributed by atoms with van der Waals surface area (Å²) in [6.07, 6.45) is 6.22. The minimum Gasteiger partial charge on any atom is -0.334 e. The van der Waals surface area contributed by atoms with Gasteiger partial charge < -0.3 is 9.47 Å². The van der Waals surface area contributed by atoms with Crippen LogP contribution in [0.1, 0.15) is 58.1 Å². The maximum Gasteiger partial charge on any atom is 0.229 e. The fraction of sp³-hybridized carbons (Fsp3) is 0.824. The van der Waals surface area contributed by atoms with Crippen LogP contribution in [0, 0.1) is 11.3 Å². The average Bonchev–Trinajstić information content (AvgIpc) is 2.99. The highest BCUT2D eigenvalue weighted by atomic mass is 16.2. The monoisotopic (exact) mass is 302 g/mol. The second-order valence-electron chi connectivity index (χ2n) is 8.10. The van der Waals surface area contributed by atoms with E-state index in [1.54, 1.807) is 0 Å². The number of hydrogen-bond acceptors (Lipinski definition) is 3. The Morgan fingerprint density at radius 3 is 2.68 bits per heavy atom. The number of carbonyl (C=O) groups excluding carboxylic acids is 1. The highest BCUT2D eigenvalue weighted by molar-refractivity contribution is 5.85. The zero-order valence-electron chi connectivity index (χ0n) is 13.9. The number of hydrogen-bond donors (Lipinski definition) is 0. The number of nitrogens with zero attached hydrogens (tertiary/aromatic N) is 4. The van der Waals surface area contributed by atoms with Gasteiger partial charge in [0.1, 0.15) is 11.6 Å². The molecule has 0 spiro atoms. The zero-order valence-corrected chi connectivity index (χ0v) is 13.9. The molecule has 2 aliphatic heterocycles. The van der Waals surface area contributed by atoms with Gasteiger partial charge in [0, 0.05) is 30.8 Å². The van der Waals surface area contributed by atoms with E-state index in [0.29, 0.717) is 23.9 Å². The Labute approximate surface area is 132 Å². The third-order valence-electron chi connectivity index (χ3n) is 5.68. The van der Waals surface area contributed by atoms with Crippen molar-refractivity contribution < 1.29 is 4.79 Å². The summed E-state index contributed by atoms with van der Waals surface area (Å²) >= 11 is 0. The molecule has 22 heavy (non-hydrogen) atoms. The summed E-state index contributed by atoms with van der Waals surface area (Å²) < 4.78 is 2.30. The minimum absolute atomic E-state index is 0.0632. The standard InChI is InChI=1S/C17H26N4O/c1-11(2)8-14-18-19-15-9-12-4-5-13(10-20(14)15)21(12)16(22)17(3)6-7-17/h11-13H,4-10H2,1-3H3. The van der Waals surface area contributed by atoms with Crippen LogP contribution in [-0.2, 0) is 24.2 Å². The summed E-state index contributed by atoms with van der Waals surface area (Å²) in [5, 5.41) is 8.85. The van der Waals surface area contributed by atoms with Crippen molar-refractivity contribution in [2.45, 2.75) is 77.9 Å². The third-order valence-corrected chi connectivity index (χ3v) is 5.68. The first-order chi connectivity index (χ1) is 10.5. The van der Waals surface area contributed by atoms with E-state index >= 15 is 0 Å². The highest BCUT2D eigenvalue weighted by Crippen LogP contribution is 2.49. The van der Waals surface area contributed by atoms with Gasteiger partial charge in [-0.25, -0.2) is 0 Å². The van der Waals surface area contributed by atoms with Crippen LogP contribution in [0.3, 0.4) is 0 Å². The lowest BCUT2D eigenvalue weighted by Crippen LogP contribution is -2.45. The first-order valence-corrected chi connectivity index (χ1v) is 8.71. The Balaban J connectivity index is 1.62. The van der Waals surface area contributed by atoms with Gasteiger partial charge in [-0.2, -0.15) is 0 Å². The second-order valence-corrected chi connectivity index (χ2v) is 8.10. The predicted molar refractivity (Wildman–Crippen MR) is 83.3 cm³/mol. The summed E-state index contributed by atoms with van der Waals surface area (Å²) in [5.41, 5.74) is -0.0632. The maximum absolute atomic E-state index is 12.9. The molecule has 5 heteroatoms. The van der Waals surface area contributed by atoms with Crippen molar-refractivity contribution in [3.8, 4) is 0 Å². The molecule has 0 radical (unpaired) electrons. The second kappa shape index (κ2) is 4.80. The Morgan fingerprint density at radius 1 is 1.27 bits per heavy atom. The summed E-state index contributed by atoms with van der Waals surface area (Å²) in [6, 6.07) is 0.686. The van der Waals surface area contributed by atoms with Crippen molar-refractivity contribution in [3.05, 3.63) is 11.6 Å². The fourth-order valence-corrected chi connectivity index (χ4v) is 4.06. The SMILES string of the molecule is CC(C)Cc1nnc2n1CC1CCC(C2)N1C(=O)C1(C)CC1. The molecule has 1 saturated heterocycles. The fourth-order valence-electron chi connectivity index (χ4n) is 4.06. The molecule has 2 unspecified atom stereocenters. The summed E-state index contributed by atoms with van der Waals surface area (Å²) in [6.45, 7) is 7.45. The molecule has 1 aromatic heterocycles. The number of rotatable bonds is 3. The molecule has 2 bridgehead atoms. The molecule has 1 aromatic rings. The van der Waals surface area contributed by atoms with E-state index in [4.69, 9.17) is 0 Å². The molecule has 0 aromatic carbocycles. The van der Waals surface area contributed by atoms with Gasteiger partial charge in [0.05, 0.1) is 6.04 Å². The molecule has 5 nitrogen and oxygen atoms in total. The minimum atomic E-state index is -0.0632. The van der Waals surface area contributed by atoms with E-state index in [0.717, 1.165) is 56.7 Å². The summed E-state index contributed by atoms with van der Waals surface area (Å²) in [7, 11) is 0. The highest BCUT2D eigenvalue weighted by Gasteiger charge is 2.52. The zero-order chi connectivity index (χ0) is 15.5. The van der Waals surface area contributed by atoms with E-state index in [2.05, 4.69) is 40.4 Å². The van der Waals surface area contributed by atoms with Crippen molar-refractivity contribution in [1.82, 2.24) is 19.7 Å². The molecule has 2 atom stereocenters. The molecular weight excluding hydrogens is 276 g/mol. The van der Waals surface area contributed by atoms with E-state index in [1.807, 2.05) is 0 Å². The van der Waals surface area contributed by atoms with Crippen LogP contribution < -0.4 is 0 Å². The number of carbonyl (C=O) groups is 1. The quantitative estimate of drug-likeness (QED) is 0.860. The van der Waals surface area contributed by atoms with Gasteiger partial charge in [0.25, 0.3) is 0 Å². The van der Waals surface area contributed by atoms with Crippen molar-refractivity contribution in [2.75, 3.05) is 0 Å². The molecule has 120 valence electrons. The summed E-state index contributed by atoms with van der Waals surface area (Å²) in [5.74, 6) is 3.16. The van der Waals surface area contributed by atoms with Crippen molar-refractivity contribution in [3.63, 3.8) is 0 Å². The van der Waals surface area contributed by atoms with Crippen molar-refractivity contribution in [2.24, 2.45) is 11.3 Å². The lowest BCUT2D eigenvalue weighted by Gasteiger charge is -2.30. The predicted octanol–water partition coefficient (Wildman–Crippen LogP) is 2.19. The van der Waals surface area contributed by atoms with E-state index in [9.17, 15) is 4.79 Å². The Hall–Kier alpha value is -1.39. The molecule has 0 N–H and O–H groups in total. The van der Waals surface area contributed by atoms with Gasteiger partial charge in [-0.3, -0.25) is 4.79 Å². The Kier molecular flexibility index (Phi) is 3.10. The number of fused-ring (bicyclic) bond motifs is 3. The third kappa shape index (κ3) is 2.17. The Bertz CT molecular complexity index is 602. The maximum atomic E-state index is 12.9. The molecule has 1 saturated carbocycles. The lowest BCUT2D eigenvalue weighted by atomic mass is 10.1. The number of amides is 1. The molecule has 4 rings (SSSR count). The first kappa shape index (κ1) is 14.2. The van der Waals surface area contributed by atoms with Crippen LogP contribution >= 0.6 is 0 Å². The largest absolute Gasteiger partial charge is 0.334 e. The van der Waals surface area contributed by atoms with Crippen molar-refractivity contribution >= 4 is 5.91 Å². The molecule has 2 fully saturated rings. The van der Waals surface area contributed by atoms with Crippen LogP contribution in [0.5, 0.6) is 0 Å². The van der Waals surface area contributed by atoms with Gasteiger partial charge in [-0.15, -0.1) is 10.2 Å². The van der Waals surface area contributed by atoms with Gasteiger partial charge in [0.2, 0.25) is 5.91 Å². The van der Waals surface area contributed by atoms with Crippen LogP contribution in [0.15, 0.2) is 0 Å². The molecule has 1 amide bonds. The van der Waals surface area contributed by atoms with Crippen LogP contribution in [-0.4, -0.2) is 37.7 Å². The lowest BCUT2D eigenvalue weighted by molar-refractivity contribution is -0.139. The topological polar surface area (TPSA) is 51.0 Å².